The number of rotatable bonds is 21. The molecule has 0 saturated heterocycles. The Balaban J connectivity index is 1.59. The fraction of sp³-hybridized carbons (Fsp3) is 0.409. The second-order valence-corrected chi connectivity index (χ2v) is 13.1. The summed E-state index contributed by atoms with van der Waals surface area (Å²) in [5.74, 6) is 0.452. The molecule has 0 aromatic heterocycles. The minimum absolute atomic E-state index is 0.226. The van der Waals surface area contributed by atoms with Crippen LogP contribution in [-0.2, 0) is 12.8 Å². The molecule has 4 aromatic carbocycles. The van der Waals surface area contributed by atoms with E-state index in [9.17, 15) is 10.2 Å². The average Bonchev–Trinajstić information content (AvgIpc) is 3.12. The van der Waals surface area contributed by atoms with E-state index < -0.39 is 0 Å². The molecule has 0 aliphatic rings. The molecular weight excluding hydrogens is 588 g/mol. The largest absolute Gasteiger partial charge is 0.507 e. The van der Waals surface area contributed by atoms with Crippen molar-refractivity contribution in [1.29, 1.82) is 0 Å². The van der Waals surface area contributed by atoms with Crippen molar-refractivity contribution in [3.63, 3.8) is 0 Å². The highest BCUT2D eigenvalue weighted by atomic mass is 16.3. The Morgan fingerprint density at radius 2 is 0.854 bits per heavy atom. The molecule has 4 rings (SSSR count). The van der Waals surface area contributed by atoms with Crippen molar-refractivity contribution in [2.24, 2.45) is 9.98 Å². The lowest BCUT2D eigenvalue weighted by molar-refractivity contribution is 0.473. The SMILES string of the molecule is CCCCCCCCc1ccc(O)c(C=N[C@H](c2ccccc2)[C@H](N=Cc2cc(CCCCCCCC)ccc2O)c2ccccc2)c1. The van der Waals surface area contributed by atoms with Gasteiger partial charge in [-0.15, -0.1) is 0 Å². The first-order chi connectivity index (χ1) is 23.6. The Bertz CT molecular complexity index is 1410. The Labute approximate surface area is 289 Å². The van der Waals surface area contributed by atoms with Crippen LogP contribution >= 0.6 is 0 Å². The molecule has 0 aliphatic heterocycles. The van der Waals surface area contributed by atoms with Gasteiger partial charge in [-0.05, 0) is 72.2 Å². The van der Waals surface area contributed by atoms with Crippen molar-refractivity contribution in [1.82, 2.24) is 0 Å². The van der Waals surface area contributed by atoms with Crippen molar-refractivity contribution in [2.45, 2.75) is 116 Å². The summed E-state index contributed by atoms with van der Waals surface area (Å²) >= 11 is 0. The van der Waals surface area contributed by atoms with Crippen LogP contribution < -0.4 is 0 Å². The third-order valence-electron chi connectivity index (χ3n) is 9.15. The van der Waals surface area contributed by atoms with E-state index in [2.05, 4.69) is 50.2 Å². The molecule has 0 saturated carbocycles. The molecule has 2 N–H and O–H groups in total. The molecular formula is C44H56N2O2. The van der Waals surface area contributed by atoms with E-state index in [0.717, 1.165) is 47.9 Å². The third kappa shape index (κ3) is 12.1. The number of hydrogen-bond acceptors (Lipinski definition) is 4. The van der Waals surface area contributed by atoms with E-state index in [1.165, 1.54) is 75.3 Å². The number of unbranched alkanes of at least 4 members (excludes halogenated alkanes) is 10. The van der Waals surface area contributed by atoms with Gasteiger partial charge in [0.15, 0.2) is 0 Å². The topological polar surface area (TPSA) is 65.2 Å². The Morgan fingerprint density at radius 1 is 0.479 bits per heavy atom. The number of aliphatic imine (C=N–C) groups is 2. The van der Waals surface area contributed by atoms with Gasteiger partial charge in [0.05, 0.1) is 0 Å². The minimum Gasteiger partial charge on any atom is -0.507 e. The third-order valence-corrected chi connectivity index (χ3v) is 9.15. The predicted molar refractivity (Wildman–Crippen MR) is 204 cm³/mol. The van der Waals surface area contributed by atoms with Crippen LogP contribution in [0, 0.1) is 0 Å². The van der Waals surface area contributed by atoms with E-state index in [1.54, 1.807) is 12.1 Å². The summed E-state index contributed by atoms with van der Waals surface area (Å²) in [6.07, 6.45) is 20.7. The van der Waals surface area contributed by atoms with Crippen LogP contribution in [0.1, 0.15) is 136 Å². The summed E-state index contributed by atoms with van der Waals surface area (Å²) in [6, 6.07) is 31.5. The number of hydrogen-bond donors (Lipinski definition) is 2. The van der Waals surface area contributed by atoms with Gasteiger partial charge >= 0.3 is 0 Å². The molecule has 0 radical (unpaired) electrons. The normalized spacial score (nSPS) is 13.0. The quantitative estimate of drug-likeness (QED) is 0.0700. The summed E-state index contributed by atoms with van der Waals surface area (Å²) in [5, 5.41) is 21.6. The fourth-order valence-corrected chi connectivity index (χ4v) is 6.27. The van der Waals surface area contributed by atoms with Gasteiger partial charge in [-0.2, -0.15) is 0 Å². The summed E-state index contributed by atoms with van der Waals surface area (Å²) in [7, 11) is 0. The number of benzene rings is 4. The molecule has 4 aromatic rings. The lowest BCUT2D eigenvalue weighted by atomic mass is 9.94. The molecule has 0 fully saturated rings. The highest BCUT2D eigenvalue weighted by Crippen LogP contribution is 2.36. The van der Waals surface area contributed by atoms with Gasteiger partial charge in [0.1, 0.15) is 23.6 Å². The van der Waals surface area contributed by atoms with Gasteiger partial charge in [-0.25, -0.2) is 0 Å². The number of phenols is 2. The number of phenolic OH excluding ortho intramolecular Hbond substituents is 2. The second kappa shape index (κ2) is 20.9. The number of aryl methyl sites for hydroxylation is 2. The minimum atomic E-state index is -0.347. The maximum Gasteiger partial charge on any atom is 0.124 e. The first kappa shape index (κ1) is 36.7. The summed E-state index contributed by atoms with van der Waals surface area (Å²) in [5.41, 5.74) is 5.93. The van der Waals surface area contributed by atoms with Gasteiger partial charge in [-0.1, -0.05) is 151 Å². The highest BCUT2D eigenvalue weighted by Gasteiger charge is 2.23. The zero-order chi connectivity index (χ0) is 33.8. The van der Waals surface area contributed by atoms with Crippen LogP contribution in [0.25, 0.3) is 0 Å². The highest BCUT2D eigenvalue weighted by molar-refractivity contribution is 5.85. The molecule has 0 spiro atoms. The maximum absolute atomic E-state index is 10.8. The van der Waals surface area contributed by atoms with E-state index in [4.69, 9.17) is 9.98 Å². The molecule has 254 valence electrons. The van der Waals surface area contributed by atoms with Gasteiger partial charge in [0.25, 0.3) is 0 Å². The zero-order valence-corrected chi connectivity index (χ0v) is 29.2. The molecule has 0 bridgehead atoms. The molecule has 4 heteroatoms. The van der Waals surface area contributed by atoms with Gasteiger partial charge < -0.3 is 10.2 Å². The van der Waals surface area contributed by atoms with Crippen LogP contribution in [0.4, 0.5) is 0 Å². The Morgan fingerprint density at radius 3 is 1.25 bits per heavy atom. The smallest absolute Gasteiger partial charge is 0.124 e. The van der Waals surface area contributed by atoms with Crippen molar-refractivity contribution in [2.75, 3.05) is 0 Å². The average molecular weight is 645 g/mol. The van der Waals surface area contributed by atoms with Crippen molar-refractivity contribution >= 4 is 12.4 Å². The standard InChI is InChI=1S/C44H56N2O2/c1-3-5-7-9-11-15-21-35-27-29-41(47)39(31-35)33-45-43(37-23-17-13-18-24-37)44(38-25-19-14-20-26-38)46-34-40-32-36(28-30-42(40)48)22-16-12-10-8-6-4-2/h13-14,17-20,23-34,43-44,47-48H,3-12,15-16,21-22H2,1-2H3/t43-,44-/m1/s1. The monoisotopic (exact) mass is 644 g/mol. The van der Waals surface area contributed by atoms with Crippen LogP contribution in [0.3, 0.4) is 0 Å². The summed E-state index contributed by atoms with van der Waals surface area (Å²) in [6.45, 7) is 4.50. The van der Waals surface area contributed by atoms with Crippen LogP contribution in [-0.4, -0.2) is 22.6 Å². The van der Waals surface area contributed by atoms with Crippen LogP contribution in [0.15, 0.2) is 107 Å². The summed E-state index contributed by atoms with van der Waals surface area (Å²) in [4.78, 5) is 10.3. The van der Waals surface area contributed by atoms with E-state index in [-0.39, 0.29) is 23.6 Å². The molecule has 2 atom stereocenters. The molecule has 0 amide bonds. The molecule has 0 unspecified atom stereocenters. The van der Waals surface area contributed by atoms with Gasteiger partial charge in [0.2, 0.25) is 0 Å². The Hall–Kier alpha value is -4.18. The zero-order valence-electron chi connectivity index (χ0n) is 29.2. The predicted octanol–water partition coefficient (Wildman–Crippen LogP) is 11.9. The molecule has 48 heavy (non-hydrogen) atoms. The Kier molecular flexibility index (Phi) is 16.0. The lowest BCUT2D eigenvalue weighted by Gasteiger charge is -2.22. The van der Waals surface area contributed by atoms with E-state index >= 15 is 0 Å². The van der Waals surface area contributed by atoms with Gasteiger partial charge in [0, 0.05) is 23.6 Å². The fourth-order valence-electron chi connectivity index (χ4n) is 6.27. The number of aromatic hydroxyl groups is 2. The van der Waals surface area contributed by atoms with Crippen molar-refractivity contribution in [3.8, 4) is 11.5 Å². The van der Waals surface area contributed by atoms with Crippen LogP contribution in [0.5, 0.6) is 11.5 Å². The first-order valence-electron chi connectivity index (χ1n) is 18.4. The molecule has 4 nitrogen and oxygen atoms in total. The van der Waals surface area contributed by atoms with Crippen molar-refractivity contribution in [3.05, 3.63) is 130 Å². The molecule has 0 heterocycles. The first-order valence-corrected chi connectivity index (χ1v) is 18.4. The van der Waals surface area contributed by atoms with Gasteiger partial charge in [-0.3, -0.25) is 9.98 Å². The van der Waals surface area contributed by atoms with Crippen molar-refractivity contribution < 1.29 is 10.2 Å². The lowest BCUT2D eigenvalue weighted by Crippen LogP contribution is -2.09. The van der Waals surface area contributed by atoms with E-state index in [1.807, 2.05) is 61.0 Å². The summed E-state index contributed by atoms with van der Waals surface area (Å²) < 4.78 is 0. The maximum atomic E-state index is 10.8. The second-order valence-electron chi connectivity index (χ2n) is 13.1. The number of nitrogens with zero attached hydrogens (tertiary/aromatic N) is 2. The van der Waals surface area contributed by atoms with E-state index in [0.29, 0.717) is 0 Å². The molecule has 0 aliphatic carbocycles. The van der Waals surface area contributed by atoms with Crippen LogP contribution in [0.2, 0.25) is 0 Å².